The van der Waals surface area contributed by atoms with Crippen LogP contribution in [0, 0.1) is 11.3 Å². The first kappa shape index (κ1) is 8.91. The summed E-state index contributed by atoms with van der Waals surface area (Å²) in [7, 11) is 0. The summed E-state index contributed by atoms with van der Waals surface area (Å²) in [6.45, 7) is 0. The van der Waals surface area contributed by atoms with Crippen molar-refractivity contribution >= 4 is 11.3 Å². The van der Waals surface area contributed by atoms with Gasteiger partial charge in [-0.05, 0) is 11.4 Å². The molecule has 70 valence electrons. The highest BCUT2D eigenvalue weighted by Crippen LogP contribution is 2.13. The van der Waals surface area contributed by atoms with E-state index in [1.165, 1.54) is 4.88 Å². The fourth-order valence-electron chi connectivity index (χ4n) is 1.07. The zero-order valence-corrected chi connectivity index (χ0v) is 8.12. The van der Waals surface area contributed by atoms with E-state index in [0.29, 0.717) is 18.1 Å². The molecule has 0 unspecified atom stereocenters. The van der Waals surface area contributed by atoms with Gasteiger partial charge in [-0.2, -0.15) is 10.2 Å². The van der Waals surface area contributed by atoms with E-state index in [4.69, 9.17) is 9.78 Å². The van der Waals surface area contributed by atoms with Gasteiger partial charge in [0.25, 0.3) is 0 Å². The summed E-state index contributed by atoms with van der Waals surface area (Å²) in [5.41, 5.74) is 0. The molecule has 0 bridgehead atoms. The maximum Gasteiger partial charge on any atom is 0.231 e. The molecule has 14 heavy (non-hydrogen) atoms. The Morgan fingerprint density at radius 1 is 1.57 bits per heavy atom. The molecule has 2 rings (SSSR count). The van der Waals surface area contributed by atoms with Crippen molar-refractivity contribution in [1.82, 2.24) is 10.1 Å². The molecular weight excluding hydrogens is 198 g/mol. The first-order chi connectivity index (χ1) is 6.88. The second-order valence-corrected chi connectivity index (χ2v) is 3.73. The van der Waals surface area contributed by atoms with Crippen LogP contribution in [0.1, 0.15) is 16.6 Å². The smallest absolute Gasteiger partial charge is 0.231 e. The minimum atomic E-state index is 0.202. The largest absolute Gasteiger partial charge is 0.339 e. The van der Waals surface area contributed by atoms with Crippen LogP contribution in [-0.4, -0.2) is 10.1 Å². The summed E-state index contributed by atoms with van der Waals surface area (Å²) in [5.74, 6) is 1.02. The molecule has 4 nitrogen and oxygen atoms in total. The van der Waals surface area contributed by atoms with Crippen LogP contribution >= 0.6 is 11.3 Å². The molecule has 5 heteroatoms. The van der Waals surface area contributed by atoms with Crippen molar-refractivity contribution in [1.29, 1.82) is 5.26 Å². The molecular formula is C9H7N3OS. The van der Waals surface area contributed by atoms with Crippen molar-refractivity contribution in [3.63, 3.8) is 0 Å². The van der Waals surface area contributed by atoms with Gasteiger partial charge in [0.05, 0.1) is 18.9 Å². The fraction of sp³-hybridized carbons (Fsp3) is 0.222. The number of nitriles is 1. The van der Waals surface area contributed by atoms with E-state index in [9.17, 15) is 0 Å². The topological polar surface area (TPSA) is 62.7 Å². The monoisotopic (exact) mass is 205 g/mol. The first-order valence-corrected chi connectivity index (χ1v) is 4.97. The summed E-state index contributed by atoms with van der Waals surface area (Å²) in [6, 6.07) is 5.97. The molecule has 0 aliphatic rings. The van der Waals surface area contributed by atoms with Gasteiger partial charge in [-0.25, -0.2) is 0 Å². The van der Waals surface area contributed by atoms with Crippen molar-refractivity contribution in [2.45, 2.75) is 12.8 Å². The molecule has 0 N–H and O–H groups in total. The Balaban J connectivity index is 2.07. The summed E-state index contributed by atoms with van der Waals surface area (Å²) in [4.78, 5) is 5.26. The van der Waals surface area contributed by atoms with Crippen LogP contribution in [0.5, 0.6) is 0 Å². The summed E-state index contributed by atoms with van der Waals surface area (Å²) < 4.78 is 4.98. The van der Waals surface area contributed by atoms with Crippen LogP contribution in [0.2, 0.25) is 0 Å². The van der Waals surface area contributed by atoms with Crippen LogP contribution in [0.4, 0.5) is 0 Å². The minimum Gasteiger partial charge on any atom is -0.339 e. The fourth-order valence-corrected chi connectivity index (χ4v) is 1.76. The predicted molar refractivity (Wildman–Crippen MR) is 50.7 cm³/mol. The van der Waals surface area contributed by atoms with E-state index in [1.54, 1.807) is 11.3 Å². The van der Waals surface area contributed by atoms with Crippen LogP contribution in [0.3, 0.4) is 0 Å². The Hall–Kier alpha value is -1.67. The molecule has 0 amide bonds. The van der Waals surface area contributed by atoms with Crippen LogP contribution < -0.4 is 0 Å². The molecule has 2 heterocycles. The van der Waals surface area contributed by atoms with Gasteiger partial charge in [0.15, 0.2) is 5.82 Å². The van der Waals surface area contributed by atoms with E-state index in [-0.39, 0.29) is 6.42 Å². The Bertz CT molecular complexity index is 441. The zero-order chi connectivity index (χ0) is 9.80. The lowest BCUT2D eigenvalue weighted by Gasteiger charge is -1.86. The van der Waals surface area contributed by atoms with Gasteiger partial charge < -0.3 is 4.52 Å². The van der Waals surface area contributed by atoms with Gasteiger partial charge >= 0.3 is 0 Å². The first-order valence-electron chi connectivity index (χ1n) is 4.09. The van der Waals surface area contributed by atoms with Crippen molar-refractivity contribution in [3.8, 4) is 6.07 Å². The normalized spacial score (nSPS) is 9.93. The molecule has 0 atom stereocenters. The quantitative estimate of drug-likeness (QED) is 0.766. The second kappa shape index (κ2) is 4.03. The van der Waals surface area contributed by atoms with E-state index in [0.717, 1.165) is 0 Å². The van der Waals surface area contributed by atoms with Crippen LogP contribution in [0.15, 0.2) is 22.0 Å². The summed E-state index contributed by atoms with van der Waals surface area (Å²) in [6.07, 6.45) is 0.851. The molecule has 2 aromatic rings. The highest BCUT2D eigenvalue weighted by Gasteiger charge is 2.06. The Morgan fingerprint density at radius 3 is 3.21 bits per heavy atom. The highest BCUT2D eigenvalue weighted by atomic mass is 32.1. The van der Waals surface area contributed by atoms with E-state index >= 15 is 0 Å². The van der Waals surface area contributed by atoms with E-state index in [2.05, 4.69) is 10.1 Å². The van der Waals surface area contributed by atoms with E-state index < -0.39 is 0 Å². The molecule has 0 aliphatic heterocycles. The Morgan fingerprint density at radius 2 is 2.50 bits per heavy atom. The highest BCUT2D eigenvalue weighted by molar-refractivity contribution is 7.09. The summed E-state index contributed by atoms with van der Waals surface area (Å²) >= 11 is 1.65. The van der Waals surface area contributed by atoms with Crippen molar-refractivity contribution in [2.24, 2.45) is 0 Å². The standard InChI is InChI=1S/C9H7N3OS/c10-4-3-8-11-9(13-12-8)6-7-2-1-5-14-7/h1-2,5H,3,6H2. The lowest BCUT2D eigenvalue weighted by atomic mass is 10.3. The molecule has 0 saturated carbocycles. The van der Waals surface area contributed by atoms with Gasteiger partial charge in [-0.15, -0.1) is 11.3 Å². The van der Waals surface area contributed by atoms with Gasteiger partial charge in [0.2, 0.25) is 5.89 Å². The number of hydrogen-bond acceptors (Lipinski definition) is 5. The maximum atomic E-state index is 8.42. The maximum absolute atomic E-state index is 8.42. The molecule has 0 radical (unpaired) electrons. The van der Waals surface area contributed by atoms with Gasteiger partial charge in [0.1, 0.15) is 0 Å². The average molecular weight is 205 g/mol. The lowest BCUT2D eigenvalue weighted by molar-refractivity contribution is 0.381. The number of thiophene rings is 1. The summed E-state index contributed by atoms with van der Waals surface area (Å²) in [5, 5.41) is 14.1. The van der Waals surface area contributed by atoms with Crippen LogP contribution in [0.25, 0.3) is 0 Å². The minimum absolute atomic E-state index is 0.202. The van der Waals surface area contributed by atoms with Gasteiger partial charge in [0, 0.05) is 4.88 Å². The van der Waals surface area contributed by atoms with Crippen molar-refractivity contribution in [3.05, 3.63) is 34.1 Å². The molecule has 2 aromatic heterocycles. The predicted octanol–water partition coefficient (Wildman–Crippen LogP) is 1.79. The molecule has 0 saturated heterocycles. The number of rotatable bonds is 3. The Labute approximate surface area is 84.8 Å². The number of aromatic nitrogens is 2. The average Bonchev–Trinajstić information content (AvgIpc) is 2.79. The SMILES string of the molecule is N#CCc1noc(Cc2cccs2)n1. The van der Waals surface area contributed by atoms with Crippen molar-refractivity contribution in [2.75, 3.05) is 0 Å². The van der Waals surface area contributed by atoms with E-state index in [1.807, 2.05) is 23.6 Å². The van der Waals surface area contributed by atoms with Gasteiger partial charge in [-0.3, -0.25) is 0 Å². The van der Waals surface area contributed by atoms with Crippen LogP contribution in [-0.2, 0) is 12.8 Å². The molecule has 0 aromatic carbocycles. The number of hydrogen-bond donors (Lipinski definition) is 0. The second-order valence-electron chi connectivity index (χ2n) is 2.70. The lowest BCUT2D eigenvalue weighted by Crippen LogP contribution is -1.87. The van der Waals surface area contributed by atoms with Gasteiger partial charge in [-0.1, -0.05) is 11.2 Å². The third kappa shape index (κ3) is 1.98. The zero-order valence-electron chi connectivity index (χ0n) is 7.30. The third-order valence-corrected chi connectivity index (χ3v) is 2.53. The molecule has 0 aliphatic carbocycles. The number of nitrogens with zero attached hydrogens (tertiary/aromatic N) is 3. The molecule has 0 fully saturated rings. The Kier molecular flexibility index (Phi) is 2.56. The van der Waals surface area contributed by atoms with Crippen molar-refractivity contribution < 1.29 is 4.52 Å². The molecule has 0 spiro atoms. The third-order valence-electron chi connectivity index (χ3n) is 1.65.